The maximum atomic E-state index is 11.8. The Morgan fingerprint density at radius 3 is 2.63 bits per heavy atom. The van der Waals surface area contributed by atoms with Crippen molar-refractivity contribution in [2.24, 2.45) is 0 Å². The monoisotopic (exact) mass is 256 g/mol. The summed E-state index contributed by atoms with van der Waals surface area (Å²) < 4.78 is 0. The van der Waals surface area contributed by atoms with Crippen LogP contribution in [0.25, 0.3) is 0 Å². The first-order valence-electron chi connectivity index (χ1n) is 6.09. The lowest BCUT2D eigenvalue weighted by atomic mass is 10.1. The number of hydrogen-bond acceptors (Lipinski definition) is 3. The van der Waals surface area contributed by atoms with E-state index in [1.54, 1.807) is 12.1 Å². The van der Waals surface area contributed by atoms with E-state index in [2.05, 4.69) is 10.3 Å². The Kier molecular flexibility index (Phi) is 4.26. The molecule has 2 rings (SSSR count). The number of aryl methyl sites for hydroxylation is 1. The molecule has 1 atom stereocenters. The molecule has 1 aromatic heterocycles. The summed E-state index contributed by atoms with van der Waals surface area (Å²) in [5.74, 6) is -0.422. The molecule has 4 nitrogen and oxygen atoms in total. The zero-order chi connectivity index (χ0) is 13.7. The van der Waals surface area contributed by atoms with Crippen molar-refractivity contribution in [3.63, 3.8) is 0 Å². The quantitative estimate of drug-likeness (QED) is 0.876. The largest absolute Gasteiger partial charge is 0.378 e. The van der Waals surface area contributed by atoms with Crippen LogP contribution in [0.15, 0.2) is 48.7 Å². The Morgan fingerprint density at radius 2 is 2.00 bits per heavy atom. The van der Waals surface area contributed by atoms with Crippen LogP contribution in [-0.4, -0.2) is 16.0 Å². The second-order valence-corrected chi connectivity index (χ2v) is 4.34. The van der Waals surface area contributed by atoms with Gasteiger partial charge in [-0.05, 0) is 18.6 Å². The molecule has 0 saturated carbocycles. The lowest BCUT2D eigenvalue weighted by Crippen LogP contribution is -2.28. The van der Waals surface area contributed by atoms with Crippen molar-refractivity contribution in [1.29, 1.82) is 0 Å². The van der Waals surface area contributed by atoms with Gasteiger partial charge in [0.25, 0.3) is 5.91 Å². The zero-order valence-corrected chi connectivity index (χ0v) is 10.7. The number of aromatic nitrogens is 1. The Balaban J connectivity index is 1.94. The smallest absolute Gasteiger partial charge is 0.253 e. The van der Waals surface area contributed by atoms with E-state index in [4.69, 9.17) is 0 Å². The van der Waals surface area contributed by atoms with Gasteiger partial charge in [0.05, 0.1) is 0 Å². The van der Waals surface area contributed by atoms with Gasteiger partial charge >= 0.3 is 0 Å². The summed E-state index contributed by atoms with van der Waals surface area (Å²) in [7, 11) is 0. The van der Waals surface area contributed by atoms with Crippen LogP contribution < -0.4 is 5.32 Å². The molecular weight excluding hydrogens is 240 g/mol. The molecule has 1 amide bonds. The molecule has 1 aromatic carbocycles. The summed E-state index contributed by atoms with van der Waals surface area (Å²) in [4.78, 5) is 15.9. The first-order valence-corrected chi connectivity index (χ1v) is 6.09. The molecule has 0 aliphatic heterocycles. The van der Waals surface area contributed by atoms with Crippen LogP contribution in [0.1, 0.15) is 22.9 Å². The van der Waals surface area contributed by atoms with E-state index < -0.39 is 12.0 Å². The number of aliphatic hydroxyl groups excluding tert-OH is 1. The number of amides is 1. The van der Waals surface area contributed by atoms with Gasteiger partial charge in [-0.2, -0.15) is 0 Å². The Hall–Kier alpha value is -2.20. The van der Waals surface area contributed by atoms with Gasteiger partial charge in [-0.25, -0.2) is 0 Å². The van der Waals surface area contributed by atoms with Crippen molar-refractivity contribution in [3.05, 3.63) is 65.5 Å². The molecule has 4 heteroatoms. The molecule has 1 heterocycles. The van der Waals surface area contributed by atoms with Crippen LogP contribution in [0.5, 0.6) is 0 Å². The van der Waals surface area contributed by atoms with Crippen LogP contribution in [0.3, 0.4) is 0 Å². The highest BCUT2D eigenvalue weighted by atomic mass is 16.3. The van der Waals surface area contributed by atoms with Crippen LogP contribution in [0, 0.1) is 6.92 Å². The van der Waals surface area contributed by atoms with E-state index >= 15 is 0 Å². The highest BCUT2D eigenvalue weighted by Gasteiger charge is 2.16. The minimum atomic E-state index is -1.18. The molecule has 0 fully saturated rings. The van der Waals surface area contributed by atoms with E-state index in [1.165, 1.54) is 6.20 Å². The summed E-state index contributed by atoms with van der Waals surface area (Å²) >= 11 is 0. The molecule has 0 spiro atoms. The van der Waals surface area contributed by atoms with Crippen LogP contribution in [-0.2, 0) is 11.3 Å². The molecule has 0 aliphatic carbocycles. The summed E-state index contributed by atoms with van der Waals surface area (Å²) in [5, 5.41) is 12.6. The summed E-state index contributed by atoms with van der Waals surface area (Å²) in [6.45, 7) is 2.25. The SMILES string of the molecule is Cc1ccc(C(O)C(=O)NCc2ccccc2)cn1. The van der Waals surface area contributed by atoms with E-state index in [9.17, 15) is 9.90 Å². The van der Waals surface area contributed by atoms with E-state index in [1.807, 2.05) is 37.3 Å². The first kappa shape index (κ1) is 13.2. The van der Waals surface area contributed by atoms with Crippen molar-refractivity contribution in [2.75, 3.05) is 0 Å². The Morgan fingerprint density at radius 1 is 1.26 bits per heavy atom. The third-order valence-electron chi connectivity index (χ3n) is 2.81. The molecule has 0 bridgehead atoms. The van der Waals surface area contributed by atoms with Gasteiger partial charge in [0, 0.05) is 24.0 Å². The molecule has 19 heavy (non-hydrogen) atoms. The highest BCUT2D eigenvalue weighted by molar-refractivity contribution is 5.81. The van der Waals surface area contributed by atoms with Crippen molar-refractivity contribution >= 4 is 5.91 Å². The fourth-order valence-corrected chi connectivity index (χ4v) is 1.67. The predicted molar refractivity (Wildman–Crippen MR) is 72.2 cm³/mol. The van der Waals surface area contributed by atoms with E-state index in [0.717, 1.165) is 11.3 Å². The number of carbonyl (C=O) groups excluding carboxylic acids is 1. The summed E-state index contributed by atoms with van der Waals surface area (Å²) in [5.41, 5.74) is 2.34. The third kappa shape index (κ3) is 3.63. The highest BCUT2D eigenvalue weighted by Crippen LogP contribution is 2.12. The minimum absolute atomic E-state index is 0.399. The normalized spacial score (nSPS) is 11.9. The van der Waals surface area contributed by atoms with Gasteiger partial charge in [0.2, 0.25) is 0 Å². The number of rotatable bonds is 4. The average molecular weight is 256 g/mol. The topological polar surface area (TPSA) is 62.2 Å². The molecule has 0 aliphatic rings. The Labute approximate surface area is 112 Å². The molecule has 98 valence electrons. The minimum Gasteiger partial charge on any atom is -0.378 e. The summed E-state index contributed by atoms with van der Waals surface area (Å²) in [6.07, 6.45) is 0.332. The van der Waals surface area contributed by atoms with Gasteiger partial charge in [0.15, 0.2) is 6.10 Å². The second-order valence-electron chi connectivity index (χ2n) is 4.34. The van der Waals surface area contributed by atoms with Gasteiger partial charge in [-0.3, -0.25) is 9.78 Å². The van der Waals surface area contributed by atoms with E-state index in [-0.39, 0.29) is 0 Å². The molecule has 0 radical (unpaired) electrons. The number of aliphatic hydroxyl groups is 1. The van der Waals surface area contributed by atoms with Crippen LogP contribution in [0.4, 0.5) is 0 Å². The zero-order valence-electron chi connectivity index (χ0n) is 10.7. The number of benzene rings is 1. The lowest BCUT2D eigenvalue weighted by Gasteiger charge is -2.11. The molecule has 0 saturated heterocycles. The number of nitrogens with one attached hydrogen (secondary N) is 1. The van der Waals surface area contributed by atoms with Crippen LogP contribution in [0.2, 0.25) is 0 Å². The van der Waals surface area contributed by atoms with Crippen molar-refractivity contribution in [2.45, 2.75) is 19.6 Å². The van der Waals surface area contributed by atoms with Gasteiger partial charge < -0.3 is 10.4 Å². The second kappa shape index (κ2) is 6.11. The predicted octanol–water partition coefficient (Wildman–Crippen LogP) is 1.74. The number of pyridine rings is 1. The number of nitrogens with zero attached hydrogens (tertiary/aromatic N) is 1. The maximum Gasteiger partial charge on any atom is 0.253 e. The summed E-state index contributed by atoms with van der Waals surface area (Å²) in [6, 6.07) is 13.0. The molecular formula is C15H16N2O2. The number of hydrogen-bond donors (Lipinski definition) is 2. The maximum absolute atomic E-state index is 11.8. The number of carbonyl (C=O) groups is 1. The average Bonchev–Trinajstić information content (AvgIpc) is 2.46. The van der Waals surface area contributed by atoms with Gasteiger partial charge in [0.1, 0.15) is 0 Å². The van der Waals surface area contributed by atoms with Gasteiger partial charge in [-0.15, -0.1) is 0 Å². The first-order chi connectivity index (χ1) is 9.16. The van der Waals surface area contributed by atoms with Crippen molar-refractivity contribution < 1.29 is 9.90 Å². The van der Waals surface area contributed by atoms with E-state index in [0.29, 0.717) is 12.1 Å². The van der Waals surface area contributed by atoms with Crippen molar-refractivity contribution in [1.82, 2.24) is 10.3 Å². The standard InChI is InChI=1S/C15H16N2O2/c1-11-7-8-13(10-16-11)14(18)15(19)17-9-12-5-3-2-4-6-12/h2-8,10,14,18H,9H2,1H3,(H,17,19). The molecule has 2 aromatic rings. The lowest BCUT2D eigenvalue weighted by molar-refractivity contribution is -0.129. The fourth-order valence-electron chi connectivity index (χ4n) is 1.67. The molecule has 1 unspecified atom stereocenters. The van der Waals surface area contributed by atoms with Crippen molar-refractivity contribution in [3.8, 4) is 0 Å². The fraction of sp³-hybridized carbons (Fsp3) is 0.200. The third-order valence-corrected chi connectivity index (χ3v) is 2.81. The van der Waals surface area contributed by atoms with Gasteiger partial charge in [-0.1, -0.05) is 36.4 Å². The molecule has 2 N–H and O–H groups in total. The van der Waals surface area contributed by atoms with Crippen LogP contribution >= 0.6 is 0 Å². The Bertz CT molecular complexity index is 538.